The van der Waals surface area contributed by atoms with Crippen molar-refractivity contribution in [2.24, 2.45) is 0 Å². The summed E-state index contributed by atoms with van der Waals surface area (Å²) in [6, 6.07) is 15.1. The van der Waals surface area contributed by atoms with Crippen LogP contribution in [0.15, 0.2) is 53.0 Å². The Hall–Kier alpha value is -1.42. The van der Waals surface area contributed by atoms with E-state index < -0.39 is 0 Å². The lowest BCUT2D eigenvalue weighted by atomic mass is 10.1. The van der Waals surface area contributed by atoms with Crippen LogP contribution in [0.5, 0.6) is 11.5 Å². The van der Waals surface area contributed by atoms with Crippen molar-refractivity contribution in [3.8, 4) is 11.5 Å². The van der Waals surface area contributed by atoms with E-state index in [0.29, 0.717) is 27.2 Å². The number of benzene rings is 3. The lowest BCUT2D eigenvalue weighted by Crippen LogP contribution is -1.91. The maximum absolute atomic E-state index is 6.15. The van der Waals surface area contributed by atoms with E-state index in [9.17, 15) is 0 Å². The summed E-state index contributed by atoms with van der Waals surface area (Å²) in [6.07, 6.45) is 0. The van der Waals surface area contributed by atoms with E-state index in [0.717, 1.165) is 15.2 Å². The number of nitrogens with two attached hydrogens (primary N) is 1. The predicted octanol–water partition coefficient (Wildman–Crippen LogP) is 6.28. The fourth-order valence-corrected chi connectivity index (χ4v) is 3.23. The van der Waals surface area contributed by atoms with Gasteiger partial charge in [-0.1, -0.05) is 53.5 Å². The topological polar surface area (TPSA) is 35.2 Å². The number of fused-ring (bicyclic) bond motifs is 1. The van der Waals surface area contributed by atoms with Crippen LogP contribution in [0.1, 0.15) is 0 Å². The summed E-state index contributed by atoms with van der Waals surface area (Å²) >= 11 is 15.9. The van der Waals surface area contributed by atoms with E-state index >= 15 is 0 Å². The molecule has 0 bridgehead atoms. The highest BCUT2D eigenvalue weighted by Crippen LogP contribution is 2.41. The fraction of sp³-hybridized carbons (Fsp3) is 0. The number of anilines is 1. The molecule has 0 heterocycles. The van der Waals surface area contributed by atoms with E-state index in [1.807, 2.05) is 36.4 Å². The number of hydrogen-bond donors (Lipinski definition) is 1. The number of halogens is 3. The molecule has 0 spiro atoms. The molecule has 0 aliphatic carbocycles. The van der Waals surface area contributed by atoms with Crippen LogP contribution in [0, 0.1) is 0 Å². The number of rotatable bonds is 2. The van der Waals surface area contributed by atoms with Crippen molar-refractivity contribution in [2.45, 2.75) is 0 Å². The molecule has 106 valence electrons. The molecular formula is C16H10BrCl2NO. The van der Waals surface area contributed by atoms with Gasteiger partial charge in [-0.3, -0.25) is 0 Å². The number of ether oxygens (including phenoxy) is 1. The van der Waals surface area contributed by atoms with Crippen LogP contribution < -0.4 is 10.5 Å². The lowest BCUT2D eigenvalue weighted by Gasteiger charge is -2.13. The number of nitrogen functional groups attached to an aromatic ring is 1. The van der Waals surface area contributed by atoms with Gasteiger partial charge in [-0.15, -0.1) is 0 Å². The van der Waals surface area contributed by atoms with Gasteiger partial charge in [0.2, 0.25) is 0 Å². The molecule has 0 aromatic heterocycles. The van der Waals surface area contributed by atoms with Gasteiger partial charge in [0.25, 0.3) is 0 Å². The second-order valence-corrected chi connectivity index (χ2v) is 6.12. The molecule has 0 atom stereocenters. The summed E-state index contributed by atoms with van der Waals surface area (Å²) in [5.41, 5.74) is 6.19. The van der Waals surface area contributed by atoms with Gasteiger partial charge in [0.05, 0.1) is 14.5 Å². The van der Waals surface area contributed by atoms with Crippen molar-refractivity contribution in [1.29, 1.82) is 0 Å². The minimum Gasteiger partial charge on any atom is -0.453 e. The molecule has 2 nitrogen and oxygen atoms in total. The first-order chi connectivity index (χ1) is 10.1. The van der Waals surface area contributed by atoms with Crippen LogP contribution in [0.3, 0.4) is 0 Å². The van der Waals surface area contributed by atoms with Crippen LogP contribution in [0.25, 0.3) is 10.8 Å². The van der Waals surface area contributed by atoms with E-state index in [1.165, 1.54) is 0 Å². The summed E-state index contributed by atoms with van der Waals surface area (Å²) in [7, 11) is 0. The monoisotopic (exact) mass is 381 g/mol. The summed E-state index contributed by atoms with van der Waals surface area (Å²) < 4.78 is 6.72. The SMILES string of the molecule is Nc1cc(Cl)c(Oc2ccc3ccccc3c2Br)c(Cl)c1. The van der Waals surface area contributed by atoms with Gasteiger partial charge in [-0.05, 0) is 44.9 Å². The van der Waals surface area contributed by atoms with Crippen LogP contribution in [0.2, 0.25) is 10.0 Å². The third-order valence-corrected chi connectivity index (χ3v) is 4.44. The van der Waals surface area contributed by atoms with Gasteiger partial charge in [0.1, 0.15) is 5.75 Å². The second kappa shape index (κ2) is 5.76. The highest BCUT2D eigenvalue weighted by molar-refractivity contribution is 9.10. The number of hydrogen-bond acceptors (Lipinski definition) is 2. The smallest absolute Gasteiger partial charge is 0.164 e. The van der Waals surface area contributed by atoms with Crippen molar-refractivity contribution in [2.75, 3.05) is 5.73 Å². The van der Waals surface area contributed by atoms with Crippen LogP contribution in [-0.4, -0.2) is 0 Å². The zero-order valence-corrected chi connectivity index (χ0v) is 13.8. The standard InChI is InChI=1S/C16H10BrCl2NO/c17-15-11-4-2-1-3-9(11)5-6-14(15)21-16-12(18)7-10(20)8-13(16)19/h1-8H,20H2. The average molecular weight is 383 g/mol. The molecule has 0 aliphatic rings. The first-order valence-corrected chi connectivity index (χ1v) is 7.71. The van der Waals surface area contributed by atoms with Crippen LogP contribution >= 0.6 is 39.1 Å². The van der Waals surface area contributed by atoms with Crippen LogP contribution in [-0.2, 0) is 0 Å². The molecule has 0 aliphatic heterocycles. The van der Waals surface area contributed by atoms with E-state index in [4.69, 9.17) is 33.7 Å². The molecule has 0 amide bonds. The van der Waals surface area contributed by atoms with Gasteiger partial charge < -0.3 is 10.5 Å². The quantitative estimate of drug-likeness (QED) is 0.529. The Labute approximate surface area is 140 Å². The van der Waals surface area contributed by atoms with Gasteiger partial charge in [-0.25, -0.2) is 0 Å². The normalized spacial score (nSPS) is 10.8. The Morgan fingerprint density at radius 3 is 2.33 bits per heavy atom. The van der Waals surface area contributed by atoms with Crippen molar-refractivity contribution in [3.63, 3.8) is 0 Å². The summed E-state index contributed by atoms with van der Waals surface area (Å²) in [6.45, 7) is 0. The molecule has 3 rings (SSSR count). The minimum atomic E-state index is 0.375. The highest BCUT2D eigenvalue weighted by Gasteiger charge is 2.13. The largest absolute Gasteiger partial charge is 0.453 e. The zero-order valence-electron chi connectivity index (χ0n) is 10.7. The van der Waals surface area contributed by atoms with Crippen molar-refractivity contribution < 1.29 is 4.74 Å². The summed E-state index contributed by atoms with van der Waals surface area (Å²) in [5, 5.41) is 2.92. The molecule has 21 heavy (non-hydrogen) atoms. The molecule has 0 unspecified atom stereocenters. The first kappa shape index (κ1) is 14.5. The van der Waals surface area contributed by atoms with E-state index in [1.54, 1.807) is 12.1 Å². The molecule has 5 heteroatoms. The maximum atomic E-state index is 6.15. The van der Waals surface area contributed by atoms with E-state index in [-0.39, 0.29) is 0 Å². The molecule has 3 aromatic rings. The second-order valence-electron chi connectivity index (χ2n) is 4.51. The third-order valence-electron chi connectivity index (χ3n) is 3.06. The Morgan fingerprint density at radius 2 is 1.62 bits per heavy atom. The average Bonchev–Trinajstić information content (AvgIpc) is 2.45. The summed E-state index contributed by atoms with van der Waals surface area (Å²) in [5.74, 6) is 1.03. The third kappa shape index (κ3) is 2.82. The molecular weight excluding hydrogens is 373 g/mol. The van der Waals surface area contributed by atoms with Gasteiger partial charge in [-0.2, -0.15) is 0 Å². The molecule has 0 saturated carbocycles. The minimum absolute atomic E-state index is 0.375. The van der Waals surface area contributed by atoms with E-state index in [2.05, 4.69) is 15.9 Å². The van der Waals surface area contributed by atoms with Crippen molar-refractivity contribution in [1.82, 2.24) is 0 Å². The Bertz CT molecular complexity index is 813. The van der Waals surface area contributed by atoms with Crippen molar-refractivity contribution in [3.05, 3.63) is 63.0 Å². The predicted molar refractivity (Wildman–Crippen MR) is 92.6 cm³/mol. The van der Waals surface area contributed by atoms with Gasteiger partial charge in [0.15, 0.2) is 5.75 Å². The van der Waals surface area contributed by atoms with Gasteiger partial charge in [0, 0.05) is 5.69 Å². The Morgan fingerprint density at radius 1 is 0.952 bits per heavy atom. The fourth-order valence-electron chi connectivity index (χ4n) is 2.08. The maximum Gasteiger partial charge on any atom is 0.164 e. The highest BCUT2D eigenvalue weighted by atomic mass is 79.9. The molecule has 2 N–H and O–H groups in total. The lowest BCUT2D eigenvalue weighted by molar-refractivity contribution is 0.481. The summed E-state index contributed by atoms with van der Waals surface area (Å²) in [4.78, 5) is 0. The Balaban J connectivity index is 2.09. The van der Waals surface area contributed by atoms with Crippen LogP contribution in [0.4, 0.5) is 5.69 Å². The zero-order chi connectivity index (χ0) is 15.0. The Kier molecular flexibility index (Phi) is 3.98. The van der Waals surface area contributed by atoms with Crippen molar-refractivity contribution >= 4 is 55.6 Å². The van der Waals surface area contributed by atoms with Gasteiger partial charge >= 0.3 is 0 Å². The molecule has 0 radical (unpaired) electrons. The molecule has 0 fully saturated rings. The first-order valence-electron chi connectivity index (χ1n) is 6.16. The molecule has 0 saturated heterocycles. The molecule has 3 aromatic carbocycles.